The molecular formula is C24H19FN2O2S. The Bertz CT molecular complexity index is 1130. The van der Waals surface area contributed by atoms with E-state index in [0.29, 0.717) is 5.69 Å². The summed E-state index contributed by atoms with van der Waals surface area (Å²) >= 11 is 1.18. The molecule has 1 heterocycles. The standard InChI is InChI=1S/C24H19FN2O2S/c1-2-16-12-14-17(15-13-16)27-23(28)21(26-20-11-7-6-10-19(20)25)22(24(27)29)30-18-8-4-3-5-9-18/h3-15,26H,2H2,1H3. The number of anilines is 2. The fraction of sp³-hybridized carbons (Fsp3) is 0.0833. The first-order valence-electron chi connectivity index (χ1n) is 9.55. The summed E-state index contributed by atoms with van der Waals surface area (Å²) in [5.41, 5.74) is 1.80. The number of hydrogen-bond donors (Lipinski definition) is 1. The first-order valence-corrected chi connectivity index (χ1v) is 10.4. The van der Waals surface area contributed by atoms with Crippen LogP contribution in [0.4, 0.5) is 15.8 Å². The third kappa shape index (κ3) is 3.86. The van der Waals surface area contributed by atoms with Gasteiger partial charge in [0.05, 0.1) is 11.4 Å². The zero-order valence-electron chi connectivity index (χ0n) is 16.3. The van der Waals surface area contributed by atoms with Crippen LogP contribution in [0.15, 0.2) is 94.4 Å². The Labute approximate surface area is 178 Å². The van der Waals surface area contributed by atoms with E-state index in [1.165, 1.54) is 23.9 Å². The average Bonchev–Trinajstić information content (AvgIpc) is 3.00. The molecule has 0 saturated heterocycles. The molecule has 0 aliphatic carbocycles. The monoisotopic (exact) mass is 418 g/mol. The molecule has 150 valence electrons. The van der Waals surface area contributed by atoms with Crippen molar-refractivity contribution in [2.24, 2.45) is 0 Å². The van der Waals surface area contributed by atoms with Gasteiger partial charge in [-0.3, -0.25) is 9.59 Å². The molecule has 1 N–H and O–H groups in total. The van der Waals surface area contributed by atoms with Gasteiger partial charge in [-0.05, 0) is 48.4 Å². The van der Waals surface area contributed by atoms with E-state index in [4.69, 9.17) is 0 Å². The molecule has 0 aromatic heterocycles. The molecule has 6 heteroatoms. The minimum absolute atomic E-state index is 0.0681. The van der Waals surface area contributed by atoms with Crippen LogP contribution < -0.4 is 10.2 Å². The topological polar surface area (TPSA) is 49.4 Å². The van der Waals surface area contributed by atoms with Crippen molar-refractivity contribution in [3.63, 3.8) is 0 Å². The van der Waals surface area contributed by atoms with Crippen LogP contribution in [0.25, 0.3) is 0 Å². The molecule has 30 heavy (non-hydrogen) atoms. The molecule has 0 radical (unpaired) electrons. The number of aryl methyl sites for hydroxylation is 1. The van der Waals surface area contributed by atoms with Gasteiger partial charge in [-0.15, -0.1) is 0 Å². The number of halogens is 1. The number of benzene rings is 3. The Hall–Kier alpha value is -3.38. The summed E-state index contributed by atoms with van der Waals surface area (Å²) in [6, 6.07) is 22.7. The quantitative estimate of drug-likeness (QED) is 0.546. The Balaban J connectivity index is 1.74. The van der Waals surface area contributed by atoms with Gasteiger partial charge in [0, 0.05) is 4.90 Å². The van der Waals surface area contributed by atoms with Crippen molar-refractivity contribution in [1.29, 1.82) is 0 Å². The van der Waals surface area contributed by atoms with E-state index in [0.717, 1.165) is 21.8 Å². The van der Waals surface area contributed by atoms with E-state index >= 15 is 0 Å². The highest BCUT2D eigenvalue weighted by atomic mass is 32.2. The number of hydrogen-bond acceptors (Lipinski definition) is 4. The lowest BCUT2D eigenvalue weighted by molar-refractivity contribution is -0.120. The third-order valence-corrected chi connectivity index (χ3v) is 5.83. The summed E-state index contributed by atoms with van der Waals surface area (Å²) in [6.07, 6.45) is 0.857. The van der Waals surface area contributed by atoms with Gasteiger partial charge in [0.25, 0.3) is 11.8 Å². The number of thioether (sulfide) groups is 1. The van der Waals surface area contributed by atoms with Crippen LogP contribution >= 0.6 is 11.8 Å². The number of imide groups is 1. The maximum absolute atomic E-state index is 14.2. The van der Waals surface area contributed by atoms with Crippen molar-refractivity contribution in [1.82, 2.24) is 0 Å². The van der Waals surface area contributed by atoms with Crippen molar-refractivity contribution in [2.45, 2.75) is 18.2 Å². The highest BCUT2D eigenvalue weighted by Gasteiger charge is 2.40. The van der Waals surface area contributed by atoms with Gasteiger partial charge in [-0.2, -0.15) is 0 Å². The summed E-state index contributed by atoms with van der Waals surface area (Å²) in [6.45, 7) is 2.04. The van der Waals surface area contributed by atoms with Gasteiger partial charge in [0.2, 0.25) is 0 Å². The summed E-state index contributed by atoms with van der Waals surface area (Å²) in [5.74, 6) is -1.44. The van der Waals surface area contributed by atoms with Crippen molar-refractivity contribution < 1.29 is 14.0 Å². The van der Waals surface area contributed by atoms with Crippen LogP contribution in [0.1, 0.15) is 12.5 Å². The summed E-state index contributed by atoms with van der Waals surface area (Å²) in [7, 11) is 0. The Morgan fingerprint density at radius 2 is 1.53 bits per heavy atom. The zero-order chi connectivity index (χ0) is 21.1. The van der Waals surface area contributed by atoms with Crippen molar-refractivity contribution in [3.05, 3.63) is 101 Å². The highest BCUT2D eigenvalue weighted by Crippen LogP contribution is 2.38. The number of nitrogens with zero attached hydrogens (tertiary/aromatic N) is 1. The second-order valence-corrected chi connectivity index (χ2v) is 7.77. The van der Waals surface area contributed by atoms with Crippen LogP contribution in [-0.4, -0.2) is 11.8 Å². The summed E-state index contributed by atoms with van der Waals surface area (Å²) in [4.78, 5) is 28.7. The van der Waals surface area contributed by atoms with Crippen LogP contribution in [0.3, 0.4) is 0 Å². The zero-order valence-corrected chi connectivity index (χ0v) is 17.1. The van der Waals surface area contributed by atoms with E-state index in [-0.39, 0.29) is 16.3 Å². The minimum atomic E-state index is -0.508. The van der Waals surface area contributed by atoms with E-state index < -0.39 is 17.6 Å². The molecule has 1 aliphatic heterocycles. The third-order valence-electron chi connectivity index (χ3n) is 4.74. The fourth-order valence-electron chi connectivity index (χ4n) is 3.13. The summed E-state index contributed by atoms with van der Waals surface area (Å²) < 4.78 is 14.2. The first kappa shape index (κ1) is 19.9. The fourth-order valence-corrected chi connectivity index (χ4v) is 4.08. The first-order chi connectivity index (χ1) is 14.6. The molecule has 1 aliphatic rings. The Morgan fingerprint density at radius 1 is 0.867 bits per heavy atom. The number of rotatable bonds is 6. The molecule has 0 atom stereocenters. The number of carbonyl (C=O) groups excluding carboxylic acids is 2. The second kappa shape index (κ2) is 8.55. The van der Waals surface area contributed by atoms with Gasteiger partial charge in [-0.1, -0.05) is 61.2 Å². The SMILES string of the molecule is CCc1ccc(N2C(=O)C(Nc3ccccc3F)=C(Sc3ccccc3)C2=O)cc1. The van der Waals surface area contributed by atoms with Crippen molar-refractivity contribution in [3.8, 4) is 0 Å². The van der Waals surface area contributed by atoms with Crippen molar-refractivity contribution >= 4 is 35.0 Å². The van der Waals surface area contributed by atoms with Crippen LogP contribution in [0, 0.1) is 5.82 Å². The van der Waals surface area contributed by atoms with E-state index in [1.807, 2.05) is 49.4 Å². The maximum Gasteiger partial charge on any atom is 0.283 e. The normalized spacial score (nSPS) is 13.9. The van der Waals surface area contributed by atoms with Crippen LogP contribution in [0.5, 0.6) is 0 Å². The van der Waals surface area contributed by atoms with Gasteiger partial charge in [-0.25, -0.2) is 9.29 Å². The maximum atomic E-state index is 14.2. The largest absolute Gasteiger partial charge is 0.348 e. The van der Waals surface area contributed by atoms with Gasteiger partial charge in [0.1, 0.15) is 16.4 Å². The average molecular weight is 418 g/mol. The lowest BCUT2D eigenvalue weighted by Crippen LogP contribution is -2.32. The van der Waals surface area contributed by atoms with E-state index in [2.05, 4.69) is 5.32 Å². The van der Waals surface area contributed by atoms with Crippen molar-refractivity contribution in [2.75, 3.05) is 10.2 Å². The van der Waals surface area contributed by atoms with Crippen LogP contribution in [-0.2, 0) is 16.0 Å². The number of carbonyl (C=O) groups is 2. The van der Waals surface area contributed by atoms with Gasteiger partial charge in [0.15, 0.2) is 0 Å². The Kier molecular flexibility index (Phi) is 5.68. The highest BCUT2D eigenvalue weighted by molar-refractivity contribution is 8.04. The smallest absolute Gasteiger partial charge is 0.283 e. The summed E-state index contributed by atoms with van der Waals surface area (Å²) in [5, 5.41) is 2.85. The molecule has 0 saturated carbocycles. The molecule has 4 nitrogen and oxygen atoms in total. The Morgan fingerprint density at radius 3 is 2.20 bits per heavy atom. The number of amides is 2. The second-order valence-electron chi connectivity index (χ2n) is 6.69. The van der Waals surface area contributed by atoms with E-state index in [9.17, 15) is 14.0 Å². The lowest BCUT2D eigenvalue weighted by Gasteiger charge is -2.15. The molecule has 0 spiro atoms. The molecular weight excluding hydrogens is 399 g/mol. The number of para-hydroxylation sites is 1. The molecule has 4 rings (SSSR count). The molecule has 0 bridgehead atoms. The molecule has 0 fully saturated rings. The molecule has 2 amide bonds. The predicted octanol–water partition coefficient (Wildman–Crippen LogP) is 5.38. The van der Waals surface area contributed by atoms with E-state index in [1.54, 1.807) is 24.3 Å². The van der Waals surface area contributed by atoms with Crippen LogP contribution in [0.2, 0.25) is 0 Å². The number of nitrogens with one attached hydrogen (secondary N) is 1. The predicted molar refractivity (Wildman–Crippen MR) is 118 cm³/mol. The molecule has 3 aromatic rings. The lowest BCUT2D eigenvalue weighted by atomic mass is 10.1. The minimum Gasteiger partial charge on any atom is -0.348 e. The molecule has 0 unspecified atom stereocenters. The molecule has 3 aromatic carbocycles. The van der Waals surface area contributed by atoms with Gasteiger partial charge >= 0.3 is 0 Å². The van der Waals surface area contributed by atoms with Gasteiger partial charge < -0.3 is 5.32 Å².